The second kappa shape index (κ2) is 6.37. The number of nitrogens with one attached hydrogen (secondary N) is 1. The number of hydrogen-bond donors (Lipinski definition) is 1. The van der Waals surface area contributed by atoms with Crippen molar-refractivity contribution < 1.29 is 9.13 Å². The van der Waals surface area contributed by atoms with Crippen molar-refractivity contribution in [3.63, 3.8) is 0 Å². The van der Waals surface area contributed by atoms with Crippen molar-refractivity contribution in [3.05, 3.63) is 63.4 Å². The normalized spacial score (nSPS) is 12.2. The topological polar surface area (TPSA) is 21.3 Å². The molecule has 0 spiro atoms. The van der Waals surface area contributed by atoms with Gasteiger partial charge in [-0.15, -0.1) is 0 Å². The van der Waals surface area contributed by atoms with Crippen molar-refractivity contribution in [3.8, 4) is 5.75 Å². The molecule has 106 valence electrons. The maximum absolute atomic E-state index is 14.3. The Bertz CT molecular complexity index is 615. The first kappa shape index (κ1) is 15.0. The van der Waals surface area contributed by atoms with Gasteiger partial charge in [0, 0.05) is 5.56 Å². The van der Waals surface area contributed by atoms with E-state index < -0.39 is 0 Å². The van der Waals surface area contributed by atoms with Gasteiger partial charge in [0.25, 0.3) is 0 Å². The monoisotopic (exact) mass is 337 g/mol. The molecule has 2 rings (SSSR count). The largest absolute Gasteiger partial charge is 0.496 e. The van der Waals surface area contributed by atoms with Crippen molar-refractivity contribution >= 4 is 15.9 Å². The Morgan fingerprint density at radius 1 is 1.25 bits per heavy atom. The SMILES string of the molecule is CNC(c1ccc(OC)c(Br)c1)c1cccc(C)c1F. The quantitative estimate of drug-likeness (QED) is 0.902. The van der Waals surface area contributed by atoms with Crippen LogP contribution in [-0.2, 0) is 0 Å². The van der Waals surface area contributed by atoms with Gasteiger partial charge in [-0.1, -0.05) is 24.3 Å². The Morgan fingerprint density at radius 2 is 2.00 bits per heavy atom. The van der Waals surface area contributed by atoms with Crippen molar-refractivity contribution in [1.29, 1.82) is 0 Å². The molecule has 20 heavy (non-hydrogen) atoms. The first-order valence-electron chi connectivity index (χ1n) is 6.34. The highest BCUT2D eigenvalue weighted by Crippen LogP contribution is 2.31. The van der Waals surface area contributed by atoms with Crippen LogP contribution < -0.4 is 10.1 Å². The van der Waals surface area contributed by atoms with E-state index in [1.165, 1.54) is 0 Å². The van der Waals surface area contributed by atoms with E-state index >= 15 is 0 Å². The Balaban J connectivity index is 2.47. The van der Waals surface area contributed by atoms with E-state index in [1.54, 1.807) is 20.1 Å². The fourth-order valence-electron chi connectivity index (χ4n) is 2.26. The molecule has 4 heteroatoms. The van der Waals surface area contributed by atoms with E-state index in [-0.39, 0.29) is 11.9 Å². The maximum Gasteiger partial charge on any atom is 0.133 e. The van der Waals surface area contributed by atoms with Gasteiger partial charge < -0.3 is 10.1 Å². The smallest absolute Gasteiger partial charge is 0.133 e. The summed E-state index contributed by atoms with van der Waals surface area (Å²) in [6, 6.07) is 11.0. The lowest BCUT2D eigenvalue weighted by Crippen LogP contribution is -2.19. The summed E-state index contributed by atoms with van der Waals surface area (Å²) >= 11 is 3.46. The number of ether oxygens (including phenoxy) is 1. The van der Waals surface area contributed by atoms with Crippen molar-refractivity contribution in [2.45, 2.75) is 13.0 Å². The third kappa shape index (κ3) is 2.86. The molecule has 0 aliphatic heterocycles. The second-order valence-electron chi connectivity index (χ2n) is 4.59. The van der Waals surface area contributed by atoms with Crippen LogP contribution in [0.25, 0.3) is 0 Å². The van der Waals surface area contributed by atoms with Crippen LogP contribution in [0.5, 0.6) is 5.75 Å². The zero-order chi connectivity index (χ0) is 14.7. The Kier molecular flexibility index (Phi) is 4.78. The molecule has 1 unspecified atom stereocenters. The maximum atomic E-state index is 14.3. The van der Waals surface area contributed by atoms with Gasteiger partial charge in [-0.05, 0) is 53.2 Å². The van der Waals surface area contributed by atoms with Crippen LogP contribution in [0.4, 0.5) is 4.39 Å². The number of benzene rings is 2. The van der Waals surface area contributed by atoms with Gasteiger partial charge in [-0.25, -0.2) is 4.39 Å². The molecule has 1 atom stereocenters. The van der Waals surface area contributed by atoms with Gasteiger partial charge in [-0.3, -0.25) is 0 Å². The van der Waals surface area contributed by atoms with Crippen LogP contribution in [0.15, 0.2) is 40.9 Å². The van der Waals surface area contributed by atoms with Crippen molar-refractivity contribution in [1.82, 2.24) is 5.32 Å². The standard InChI is InChI=1S/C16H17BrFNO/c1-10-5-4-6-12(15(10)18)16(19-2)11-7-8-14(20-3)13(17)9-11/h4-9,16,19H,1-3H3. The summed E-state index contributed by atoms with van der Waals surface area (Å²) in [5.74, 6) is 0.590. The number of halogens is 2. The second-order valence-corrected chi connectivity index (χ2v) is 5.45. The number of rotatable bonds is 4. The third-order valence-corrected chi connectivity index (χ3v) is 3.95. The number of methoxy groups -OCH3 is 1. The van der Waals surface area contributed by atoms with E-state index in [9.17, 15) is 4.39 Å². The number of hydrogen-bond acceptors (Lipinski definition) is 2. The van der Waals surface area contributed by atoms with Crippen molar-refractivity contribution in [2.24, 2.45) is 0 Å². The molecule has 1 N–H and O–H groups in total. The molecule has 0 aromatic heterocycles. The lowest BCUT2D eigenvalue weighted by molar-refractivity contribution is 0.412. The predicted octanol–water partition coefficient (Wildman–Crippen LogP) is 4.21. The van der Waals surface area contributed by atoms with E-state index in [1.807, 2.05) is 37.4 Å². The van der Waals surface area contributed by atoms with Gasteiger partial charge in [0.05, 0.1) is 17.6 Å². The minimum absolute atomic E-state index is 0.168. The summed E-state index contributed by atoms with van der Waals surface area (Å²) in [5, 5.41) is 3.17. The van der Waals surface area contributed by atoms with Crippen LogP contribution in [0, 0.1) is 12.7 Å². The first-order chi connectivity index (χ1) is 9.58. The first-order valence-corrected chi connectivity index (χ1v) is 7.13. The molecule has 0 aliphatic rings. The van der Waals surface area contributed by atoms with Crippen molar-refractivity contribution in [2.75, 3.05) is 14.2 Å². The molecule has 0 saturated carbocycles. The summed E-state index contributed by atoms with van der Waals surface area (Å²) in [5.41, 5.74) is 2.27. The highest BCUT2D eigenvalue weighted by Gasteiger charge is 2.18. The van der Waals surface area contributed by atoms with Gasteiger partial charge in [0.15, 0.2) is 0 Å². The van der Waals surface area contributed by atoms with Crippen LogP contribution in [0.3, 0.4) is 0 Å². The zero-order valence-electron chi connectivity index (χ0n) is 11.7. The fraction of sp³-hybridized carbons (Fsp3) is 0.250. The van der Waals surface area contributed by atoms with Gasteiger partial charge in [0.2, 0.25) is 0 Å². The predicted molar refractivity (Wildman–Crippen MR) is 82.7 cm³/mol. The minimum atomic E-state index is -0.197. The molecule has 2 aromatic carbocycles. The summed E-state index contributed by atoms with van der Waals surface area (Å²) in [6.45, 7) is 1.77. The number of aryl methyl sites for hydroxylation is 1. The molecule has 0 fully saturated rings. The lowest BCUT2D eigenvalue weighted by Gasteiger charge is -2.19. The van der Waals surface area contributed by atoms with E-state index in [0.29, 0.717) is 11.1 Å². The molecule has 0 aliphatic carbocycles. The fourth-order valence-corrected chi connectivity index (χ4v) is 2.82. The lowest BCUT2D eigenvalue weighted by atomic mass is 9.96. The van der Waals surface area contributed by atoms with Crippen LogP contribution in [0.1, 0.15) is 22.7 Å². The van der Waals surface area contributed by atoms with Gasteiger partial charge in [0.1, 0.15) is 11.6 Å². The average Bonchev–Trinajstić information content (AvgIpc) is 2.44. The third-order valence-electron chi connectivity index (χ3n) is 3.33. The average molecular weight is 338 g/mol. The Hall–Kier alpha value is -1.39. The minimum Gasteiger partial charge on any atom is -0.496 e. The molecule has 2 aromatic rings. The highest BCUT2D eigenvalue weighted by atomic mass is 79.9. The summed E-state index contributed by atoms with van der Waals surface area (Å²) in [7, 11) is 3.44. The van der Waals surface area contributed by atoms with Crippen LogP contribution in [-0.4, -0.2) is 14.2 Å². The molecular weight excluding hydrogens is 321 g/mol. The molecule has 0 saturated heterocycles. The molecule has 0 amide bonds. The highest BCUT2D eigenvalue weighted by molar-refractivity contribution is 9.10. The van der Waals surface area contributed by atoms with Crippen LogP contribution >= 0.6 is 15.9 Å². The Labute approximate surface area is 127 Å². The molecule has 0 heterocycles. The molecular formula is C16H17BrFNO. The molecule has 0 radical (unpaired) electrons. The Morgan fingerprint density at radius 3 is 2.60 bits per heavy atom. The zero-order valence-corrected chi connectivity index (χ0v) is 13.3. The van der Waals surface area contributed by atoms with Gasteiger partial charge in [-0.2, -0.15) is 0 Å². The molecule has 2 nitrogen and oxygen atoms in total. The van der Waals surface area contributed by atoms with Crippen LogP contribution in [0.2, 0.25) is 0 Å². The summed E-state index contributed by atoms with van der Waals surface area (Å²) < 4.78 is 20.4. The summed E-state index contributed by atoms with van der Waals surface area (Å²) in [6.07, 6.45) is 0. The van der Waals surface area contributed by atoms with E-state index in [2.05, 4.69) is 21.2 Å². The molecule has 0 bridgehead atoms. The summed E-state index contributed by atoms with van der Waals surface area (Å²) in [4.78, 5) is 0. The van der Waals surface area contributed by atoms with E-state index in [0.717, 1.165) is 15.8 Å². The van der Waals surface area contributed by atoms with E-state index in [4.69, 9.17) is 4.74 Å². The van der Waals surface area contributed by atoms with Gasteiger partial charge >= 0.3 is 0 Å².